The van der Waals surface area contributed by atoms with Crippen LogP contribution in [0.4, 0.5) is 0 Å². The maximum atomic E-state index is 6.25. The molecule has 1 saturated heterocycles. The zero-order chi connectivity index (χ0) is 16.2. The average Bonchev–Trinajstić information content (AvgIpc) is 2.74. The molecule has 4 rings (SSSR count). The van der Waals surface area contributed by atoms with Gasteiger partial charge in [0.15, 0.2) is 0 Å². The van der Waals surface area contributed by atoms with Crippen molar-refractivity contribution in [2.75, 3.05) is 0 Å². The third-order valence-corrected chi connectivity index (χ3v) is 5.33. The van der Waals surface area contributed by atoms with Crippen molar-refractivity contribution >= 4 is 34.1 Å². The van der Waals surface area contributed by atoms with Gasteiger partial charge in [0.2, 0.25) is 0 Å². The molecule has 3 aromatic carbocycles. The third kappa shape index (κ3) is 2.19. The molecule has 0 spiro atoms. The molecule has 1 heterocycles. The molecule has 2 nitrogen and oxygen atoms in total. The lowest BCUT2D eigenvalue weighted by Crippen LogP contribution is -2.41. The standard InChI is InChI=1S/C20H21BO2/c1-19(2)20(3,4)23-21(22-19)18-11-7-10-16-15-9-6-5-8-14(15)12-13-17(16)18/h5-13H,1-4H3. The molecule has 0 N–H and O–H groups in total. The molecule has 0 unspecified atom stereocenters. The van der Waals surface area contributed by atoms with Gasteiger partial charge in [0.25, 0.3) is 0 Å². The van der Waals surface area contributed by atoms with Crippen LogP contribution in [0.2, 0.25) is 0 Å². The van der Waals surface area contributed by atoms with E-state index in [2.05, 4.69) is 82.3 Å². The molecule has 3 aromatic rings. The summed E-state index contributed by atoms with van der Waals surface area (Å²) in [5.74, 6) is 0. The van der Waals surface area contributed by atoms with Crippen LogP contribution in [-0.2, 0) is 9.31 Å². The first kappa shape index (κ1) is 14.7. The second kappa shape index (κ2) is 4.83. The second-order valence-electron chi connectivity index (χ2n) is 7.32. The summed E-state index contributed by atoms with van der Waals surface area (Å²) in [6.07, 6.45) is 0. The smallest absolute Gasteiger partial charge is 0.399 e. The molecule has 0 amide bonds. The molecular formula is C20H21BO2. The van der Waals surface area contributed by atoms with Crippen LogP contribution in [0.15, 0.2) is 54.6 Å². The fourth-order valence-corrected chi connectivity index (χ4v) is 3.24. The quantitative estimate of drug-likeness (QED) is 0.493. The van der Waals surface area contributed by atoms with E-state index in [1.54, 1.807) is 0 Å². The molecule has 0 bridgehead atoms. The van der Waals surface area contributed by atoms with Crippen molar-refractivity contribution < 1.29 is 9.31 Å². The van der Waals surface area contributed by atoms with Gasteiger partial charge in [-0.2, -0.15) is 0 Å². The maximum absolute atomic E-state index is 6.25. The van der Waals surface area contributed by atoms with Crippen LogP contribution in [0.3, 0.4) is 0 Å². The maximum Gasteiger partial charge on any atom is 0.495 e. The van der Waals surface area contributed by atoms with Crippen molar-refractivity contribution in [1.82, 2.24) is 0 Å². The van der Waals surface area contributed by atoms with Gasteiger partial charge >= 0.3 is 7.12 Å². The molecular weight excluding hydrogens is 283 g/mol. The second-order valence-corrected chi connectivity index (χ2v) is 7.32. The molecule has 0 aromatic heterocycles. The van der Waals surface area contributed by atoms with Gasteiger partial charge in [0.1, 0.15) is 0 Å². The molecule has 116 valence electrons. The van der Waals surface area contributed by atoms with Gasteiger partial charge in [-0.05, 0) is 54.7 Å². The third-order valence-electron chi connectivity index (χ3n) is 5.33. The Morgan fingerprint density at radius 1 is 0.652 bits per heavy atom. The average molecular weight is 304 g/mol. The van der Waals surface area contributed by atoms with E-state index in [0.29, 0.717) is 0 Å². The fourth-order valence-electron chi connectivity index (χ4n) is 3.24. The highest BCUT2D eigenvalue weighted by molar-refractivity contribution is 6.65. The number of rotatable bonds is 1. The minimum Gasteiger partial charge on any atom is -0.399 e. The lowest BCUT2D eigenvalue weighted by atomic mass is 9.75. The summed E-state index contributed by atoms with van der Waals surface area (Å²) >= 11 is 0. The summed E-state index contributed by atoms with van der Waals surface area (Å²) in [5.41, 5.74) is 0.458. The van der Waals surface area contributed by atoms with E-state index in [4.69, 9.17) is 9.31 Å². The summed E-state index contributed by atoms with van der Waals surface area (Å²) in [7, 11) is -0.329. The zero-order valence-corrected chi connectivity index (χ0v) is 14.1. The SMILES string of the molecule is CC1(C)OB(c2cccc3c2ccc2ccccc23)OC1(C)C. The molecule has 0 radical (unpaired) electrons. The lowest BCUT2D eigenvalue weighted by Gasteiger charge is -2.32. The van der Waals surface area contributed by atoms with Gasteiger partial charge in [0, 0.05) is 0 Å². The molecule has 1 aliphatic heterocycles. The van der Waals surface area contributed by atoms with Crippen LogP contribution < -0.4 is 5.46 Å². The summed E-state index contributed by atoms with van der Waals surface area (Å²) in [5, 5.41) is 4.97. The largest absolute Gasteiger partial charge is 0.495 e. The van der Waals surface area contributed by atoms with Crippen LogP contribution >= 0.6 is 0 Å². The highest BCUT2D eigenvalue weighted by Gasteiger charge is 2.52. The summed E-state index contributed by atoms with van der Waals surface area (Å²) in [6.45, 7) is 8.36. The Balaban J connectivity index is 1.91. The Morgan fingerprint density at radius 2 is 1.30 bits per heavy atom. The molecule has 1 aliphatic rings. The van der Waals surface area contributed by atoms with Gasteiger partial charge in [-0.25, -0.2) is 0 Å². The predicted molar refractivity (Wildman–Crippen MR) is 97.2 cm³/mol. The Hall–Kier alpha value is -1.84. The van der Waals surface area contributed by atoms with Gasteiger partial charge in [-0.1, -0.05) is 54.6 Å². The summed E-state index contributed by atoms with van der Waals surface area (Å²) in [6, 6.07) is 19.2. The van der Waals surface area contributed by atoms with Crippen molar-refractivity contribution in [3.63, 3.8) is 0 Å². The first-order chi connectivity index (χ1) is 10.9. The van der Waals surface area contributed by atoms with E-state index in [9.17, 15) is 0 Å². The van der Waals surface area contributed by atoms with Crippen LogP contribution in [0.5, 0.6) is 0 Å². The molecule has 0 saturated carbocycles. The van der Waals surface area contributed by atoms with E-state index in [0.717, 1.165) is 5.46 Å². The zero-order valence-electron chi connectivity index (χ0n) is 14.1. The number of fused-ring (bicyclic) bond motifs is 3. The van der Waals surface area contributed by atoms with Crippen LogP contribution in [0, 0.1) is 0 Å². The Labute approximate surface area is 137 Å². The highest BCUT2D eigenvalue weighted by atomic mass is 16.7. The van der Waals surface area contributed by atoms with Crippen molar-refractivity contribution in [2.24, 2.45) is 0 Å². The molecule has 0 aliphatic carbocycles. The van der Waals surface area contributed by atoms with Crippen LogP contribution in [-0.4, -0.2) is 18.3 Å². The van der Waals surface area contributed by atoms with Gasteiger partial charge in [-0.3, -0.25) is 0 Å². The van der Waals surface area contributed by atoms with E-state index < -0.39 is 0 Å². The Bertz CT molecular complexity index is 882. The van der Waals surface area contributed by atoms with Crippen molar-refractivity contribution in [3.05, 3.63) is 54.6 Å². The van der Waals surface area contributed by atoms with Gasteiger partial charge in [-0.15, -0.1) is 0 Å². The normalized spacial score (nSPS) is 19.6. The van der Waals surface area contributed by atoms with Crippen molar-refractivity contribution in [1.29, 1.82) is 0 Å². The van der Waals surface area contributed by atoms with Crippen molar-refractivity contribution in [3.8, 4) is 0 Å². The fraction of sp³-hybridized carbons (Fsp3) is 0.300. The van der Waals surface area contributed by atoms with Gasteiger partial charge < -0.3 is 9.31 Å². The number of hydrogen-bond acceptors (Lipinski definition) is 2. The number of benzene rings is 3. The van der Waals surface area contributed by atoms with E-state index in [1.165, 1.54) is 21.5 Å². The number of hydrogen-bond donors (Lipinski definition) is 0. The minimum absolute atomic E-state index is 0.323. The molecule has 23 heavy (non-hydrogen) atoms. The van der Waals surface area contributed by atoms with Crippen LogP contribution in [0.1, 0.15) is 27.7 Å². The highest BCUT2D eigenvalue weighted by Crippen LogP contribution is 2.37. The molecule has 0 atom stereocenters. The first-order valence-electron chi connectivity index (χ1n) is 8.15. The van der Waals surface area contributed by atoms with Crippen LogP contribution in [0.25, 0.3) is 21.5 Å². The van der Waals surface area contributed by atoms with Crippen molar-refractivity contribution in [2.45, 2.75) is 38.9 Å². The summed E-state index contributed by atoms with van der Waals surface area (Å²) < 4.78 is 12.5. The van der Waals surface area contributed by atoms with E-state index in [1.807, 2.05) is 0 Å². The summed E-state index contributed by atoms with van der Waals surface area (Å²) in [4.78, 5) is 0. The Kier molecular flexibility index (Phi) is 3.09. The first-order valence-corrected chi connectivity index (χ1v) is 8.15. The lowest BCUT2D eigenvalue weighted by molar-refractivity contribution is 0.00578. The topological polar surface area (TPSA) is 18.5 Å². The Morgan fingerprint density at radius 3 is 2.04 bits per heavy atom. The molecule has 3 heteroatoms. The minimum atomic E-state index is -0.329. The molecule has 1 fully saturated rings. The van der Waals surface area contributed by atoms with E-state index in [-0.39, 0.29) is 18.3 Å². The van der Waals surface area contributed by atoms with E-state index >= 15 is 0 Å². The monoisotopic (exact) mass is 304 g/mol. The van der Waals surface area contributed by atoms with Gasteiger partial charge in [0.05, 0.1) is 11.2 Å². The predicted octanol–water partition coefficient (Wildman–Crippen LogP) is 4.29.